The minimum atomic E-state index is -1.17. The van der Waals surface area contributed by atoms with E-state index in [0.29, 0.717) is 17.7 Å². The first kappa shape index (κ1) is 21.7. The number of rotatable bonds is 6. The van der Waals surface area contributed by atoms with E-state index in [1.54, 1.807) is 43.5 Å². The second kappa shape index (κ2) is 9.66. The van der Waals surface area contributed by atoms with E-state index in [4.69, 9.17) is 4.74 Å². The Balaban J connectivity index is 1.64. The molecule has 2 aromatic rings. The molecule has 1 unspecified atom stereocenters. The fourth-order valence-corrected chi connectivity index (χ4v) is 3.02. The lowest BCUT2D eigenvalue weighted by molar-refractivity contribution is -0.153. The zero-order chi connectivity index (χ0) is 22.4. The highest BCUT2D eigenvalue weighted by molar-refractivity contribution is 6.38. The van der Waals surface area contributed by atoms with Crippen LogP contribution in [0.4, 0.5) is 4.79 Å². The molecule has 31 heavy (non-hydrogen) atoms. The molecule has 0 aromatic heterocycles. The molecule has 0 saturated carbocycles. The average molecular weight is 422 g/mol. The SMILES string of the molecule is CCN1CCN(C(=O)NC([C]=O)c2ccc(OC(=O)c3ccccc3)cc2)C(=O)C1=O. The first-order valence-corrected chi connectivity index (χ1v) is 9.60. The van der Waals surface area contributed by atoms with E-state index in [9.17, 15) is 24.0 Å². The minimum Gasteiger partial charge on any atom is -0.423 e. The lowest BCUT2D eigenvalue weighted by Gasteiger charge is -2.32. The van der Waals surface area contributed by atoms with Crippen LogP contribution in [0.5, 0.6) is 5.75 Å². The highest BCUT2D eigenvalue weighted by atomic mass is 16.5. The molecule has 1 aliphatic rings. The third-order valence-electron chi connectivity index (χ3n) is 4.75. The van der Waals surface area contributed by atoms with Gasteiger partial charge in [0.15, 0.2) is 0 Å². The van der Waals surface area contributed by atoms with Crippen LogP contribution >= 0.6 is 0 Å². The quantitative estimate of drug-likeness (QED) is 0.428. The number of hydrogen-bond donors (Lipinski definition) is 1. The largest absolute Gasteiger partial charge is 0.423 e. The van der Waals surface area contributed by atoms with Gasteiger partial charge in [-0.15, -0.1) is 0 Å². The van der Waals surface area contributed by atoms with Crippen molar-refractivity contribution >= 4 is 30.1 Å². The summed E-state index contributed by atoms with van der Waals surface area (Å²) in [5.41, 5.74) is 0.758. The molecule has 0 spiro atoms. The minimum absolute atomic E-state index is 0.0319. The summed E-state index contributed by atoms with van der Waals surface area (Å²) in [6.07, 6.45) is 1.70. The number of nitrogens with zero attached hydrogens (tertiary/aromatic N) is 2. The zero-order valence-corrected chi connectivity index (χ0v) is 16.7. The molecule has 1 atom stereocenters. The number of likely N-dealkylation sites (N-methyl/N-ethyl adjacent to an activating group) is 1. The summed E-state index contributed by atoms with van der Waals surface area (Å²) in [5.74, 6) is -1.99. The number of imide groups is 1. The van der Waals surface area contributed by atoms with E-state index >= 15 is 0 Å². The molecule has 1 aliphatic heterocycles. The molecule has 3 rings (SSSR count). The maximum Gasteiger partial charge on any atom is 0.343 e. The predicted octanol–water partition coefficient (Wildman–Crippen LogP) is 1.46. The Bertz CT molecular complexity index is 990. The van der Waals surface area contributed by atoms with Gasteiger partial charge in [0.05, 0.1) is 5.56 Å². The van der Waals surface area contributed by atoms with E-state index in [2.05, 4.69) is 5.32 Å². The van der Waals surface area contributed by atoms with Crippen molar-refractivity contribution in [3.05, 3.63) is 65.7 Å². The monoisotopic (exact) mass is 422 g/mol. The van der Waals surface area contributed by atoms with Gasteiger partial charge in [0.2, 0.25) is 6.29 Å². The molecular weight excluding hydrogens is 402 g/mol. The molecule has 1 heterocycles. The van der Waals surface area contributed by atoms with Crippen molar-refractivity contribution in [2.24, 2.45) is 0 Å². The van der Waals surface area contributed by atoms with E-state index in [1.165, 1.54) is 29.2 Å². The van der Waals surface area contributed by atoms with Gasteiger partial charge in [-0.05, 0) is 36.8 Å². The molecule has 1 N–H and O–H groups in total. The van der Waals surface area contributed by atoms with Gasteiger partial charge < -0.3 is 15.0 Å². The summed E-state index contributed by atoms with van der Waals surface area (Å²) >= 11 is 0. The third-order valence-corrected chi connectivity index (χ3v) is 4.75. The number of ether oxygens (including phenoxy) is 1. The van der Waals surface area contributed by atoms with Crippen LogP contribution < -0.4 is 10.1 Å². The van der Waals surface area contributed by atoms with Crippen LogP contribution in [-0.2, 0) is 14.4 Å². The number of esters is 1. The Labute approximate surface area is 178 Å². The van der Waals surface area contributed by atoms with Gasteiger partial charge in [0.25, 0.3) is 0 Å². The molecule has 0 bridgehead atoms. The first-order chi connectivity index (χ1) is 14.9. The Morgan fingerprint density at radius 3 is 2.32 bits per heavy atom. The Hall–Kier alpha value is -4.01. The standard InChI is InChI=1S/C22H20N3O6/c1-2-24-12-13-25(20(28)19(24)27)22(30)23-18(14-26)15-8-10-17(11-9-15)31-21(29)16-6-4-3-5-7-16/h3-11,18H,2,12-13H2,1H3,(H,23,30). The van der Waals surface area contributed by atoms with Crippen molar-refractivity contribution < 1.29 is 28.7 Å². The van der Waals surface area contributed by atoms with Crippen molar-refractivity contribution in [1.29, 1.82) is 0 Å². The Morgan fingerprint density at radius 2 is 1.71 bits per heavy atom. The topological polar surface area (TPSA) is 113 Å². The molecule has 9 heteroatoms. The number of urea groups is 1. The highest BCUT2D eigenvalue weighted by Crippen LogP contribution is 2.19. The van der Waals surface area contributed by atoms with Crippen molar-refractivity contribution in [2.75, 3.05) is 19.6 Å². The van der Waals surface area contributed by atoms with Gasteiger partial charge in [-0.2, -0.15) is 0 Å². The maximum absolute atomic E-state index is 12.4. The summed E-state index contributed by atoms with van der Waals surface area (Å²) < 4.78 is 5.27. The van der Waals surface area contributed by atoms with Crippen molar-refractivity contribution in [1.82, 2.24) is 15.1 Å². The number of carbonyl (C=O) groups is 4. The molecular formula is C22H20N3O6. The normalized spacial score (nSPS) is 14.7. The van der Waals surface area contributed by atoms with E-state index < -0.39 is 29.9 Å². The second-order valence-corrected chi connectivity index (χ2v) is 6.67. The van der Waals surface area contributed by atoms with Crippen LogP contribution in [0, 0.1) is 0 Å². The highest BCUT2D eigenvalue weighted by Gasteiger charge is 2.36. The maximum atomic E-state index is 12.4. The number of hydrogen-bond acceptors (Lipinski definition) is 6. The van der Waals surface area contributed by atoms with Crippen molar-refractivity contribution in [3.63, 3.8) is 0 Å². The second-order valence-electron chi connectivity index (χ2n) is 6.67. The zero-order valence-electron chi connectivity index (χ0n) is 16.7. The third kappa shape index (κ3) is 4.95. The fraction of sp³-hybridized carbons (Fsp3) is 0.227. The van der Waals surface area contributed by atoms with Crippen molar-refractivity contribution in [3.8, 4) is 5.75 Å². The van der Waals surface area contributed by atoms with Gasteiger partial charge in [-0.25, -0.2) is 9.59 Å². The molecule has 9 nitrogen and oxygen atoms in total. The fourth-order valence-electron chi connectivity index (χ4n) is 3.02. The number of amides is 4. The number of carbonyl (C=O) groups excluding carboxylic acids is 5. The van der Waals surface area contributed by atoms with Gasteiger partial charge in [0, 0.05) is 19.6 Å². The molecule has 0 aliphatic carbocycles. The van der Waals surface area contributed by atoms with E-state index in [1.807, 2.05) is 0 Å². The van der Waals surface area contributed by atoms with Gasteiger partial charge in [-0.3, -0.25) is 19.3 Å². The van der Waals surface area contributed by atoms with Gasteiger partial charge >= 0.3 is 23.8 Å². The molecule has 2 aromatic carbocycles. The lowest BCUT2D eigenvalue weighted by atomic mass is 10.1. The summed E-state index contributed by atoms with van der Waals surface area (Å²) in [4.78, 5) is 62.2. The Kier molecular flexibility index (Phi) is 6.76. The van der Waals surface area contributed by atoms with Crippen LogP contribution in [0.3, 0.4) is 0 Å². The Morgan fingerprint density at radius 1 is 1.03 bits per heavy atom. The van der Waals surface area contributed by atoms with E-state index in [-0.39, 0.29) is 18.8 Å². The number of benzene rings is 2. The van der Waals surface area contributed by atoms with Crippen molar-refractivity contribution in [2.45, 2.75) is 13.0 Å². The van der Waals surface area contributed by atoms with Crippen LogP contribution in [-0.4, -0.2) is 59.5 Å². The van der Waals surface area contributed by atoms with Gasteiger partial charge in [0.1, 0.15) is 11.8 Å². The van der Waals surface area contributed by atoms with Crippen LogP contribution in [0.2, 0.25) is 0 Å². The smallest absolute Gasteiger partial charge is 0.343 e. The number of nitrogens with one attached hydrogen (secondary N) is 1. The van der Waals surface area contributed by atoms with Gasteiger partial charge in [-0.1, -0.05) is 30.3 Å². The average Bonchev–Trinajstić information content (AvgIpc) is 2.80. The van der Waals surface area contributed by atoms with Crippen LogP contribution in [0.15, 0.2) is 54.6 Å². The van der Waals surface area contributed by atoms with Crippen LogP contribution in [0.25, 0.3) is 0 Å². The molecule has 159 valence electrons. The summed E-state index contributed by atoms with van der Waals surface area (Å²) in [7, 11) is 0. The van der Waals surface area contributed by atoms with E-state index in [0.717, 1.165) is 4.90 Å². The van der Waals surface area contributed by atoms with Crippen LogP contribution in [0.1, 0.15) is 28.9 Å². The first-order valence-electron chi connectivity index (χ1n) is 9.60. The molecule has 1 fully saturated rings. The lowest BCUT2D eigenvalue weighted by Crippen LogP contribution is -2.58. The summed E-state index contributed by atoms with van der Waals surface area (Å²) in [5, 5.41) is 2.39. The summed E-state index contributed by atoms with van der Waals surface area (Å²) in [6, 6.07) is 12.4. The molecule has 4 amide bonds. The predicted molar refractivity (Wildman–Crippen MR) is 109 cm³/mol. The molecule has 1 radical (unpaired) electrons. The molecule has 1 saturated heterocycles. The number of piperazine rings is 1. The summed E-state index contributed by atoms with van der Waals surface area (Å²) in [6.45, 7) is 2.36.